The molecule has 1 heterocycles. The molecule has 1 fully saturated rings. The van der Waals surface area contributed by atoms with E-state index < -0.39 is 23.5 Å². The fourth-order valence-electron chi connectivity index (χ4n) is 3.21. The van der Waals surface area contributed by atoms with E-state index in [0.717, 1.165) is 0 Å². The molecule has 1 aliphatic heterocycles. The molecule has 2 amide bonds. The first-order chi connectivity index (χ1) is 13.4. The van der Waals surface area contributed by atoms with E-state index in [4.69, 9.17) is 0 Å². The second-order valence-corrected chi connectivity index (χ2v) is 6.39. The van der Waals surface area contributed by atoms with E-state index in [1.54, 1.807) is 30.3 Å². The molecule has 2 aromatic carbocycles. The summed E-state index contributed by atoms with van der Waals surface area (Å²) < 4.78 is 13.4. The van der Waals surface area contributed by atoms with Crippen molar-refractivity contribution >= 4 is 23.4 Å². The third-order valence-corrected chi connectivity index (χ3v) is 4.50. The second kappa shape index (κ2) is 8.04. The van der Waals surface area contributed by atoms with Gasteiger partial charge in [0.2, 0.25) is 5.91 Å². The van der Waals surface area contributed by atoms with Gasteiger partial charge in [-0.05, 0) is 17.7 Å². The highest BCUT2D eigenvalue weighted by molar-refractivity contribution is 6.46. The summed E-state index contributed by atoms with van der Waals surface area (Å²) in [7, 11) is 0. The Morgan fingerprint density at radius 1 is 1.11 bits per heavy atom. The van der Waals surface area contributed by atoms with Gasteiger partial charge < -0.3 is 15.3 Å². The van der Waals surface area contributed by atoms with Crippen molar-refractivity contribution in [1.82, 2.24) is 10.2 Å². The Balaban J connectivity index is 2.08. The predicted octanol–water partition coefficient (Wildman–Crippen LogP) is 2.38. The van der Waals surface area contributed by atoms with Gasteiger partial charge in [-0.15, -0.1) is 0 Å². The Bertz CT molecular complexity index is 939. The first kappa shape index (κ1) is 19.3. The number of carbonyl (C=O) groups is 3. The van der Waals surface area contributed by atoms with Gasteiger partial charge in [0.1, 0.15) is 11.6 Å². The Hall–Kier alpha value is -3.48. The maximum atomic E-state index is 13.4. The van der Waals surface area contributed by atoms with E-state index >= 15 is 0 Å². The van der Waals surface area contributed by atoms with Crippen LogP contribution in [0.4, 0.5) is 4.39 Å². The van der Waals surface area contributed by atoms with E-state index in [9.17, 15) is 23.9 Å². The molecular formula is C21H19FN2O4. The minimum Gasteiger partial charge on any atom is -0.507 e. The number of halogens is 1. The van der Waals surface area contributed by atoms with Crippen molar-refractivity contribution in [3.8, 4) is 0 Å². The summed E-state index contributed by atoms with van der Waals surface area (Å²) in [6.07, 6.45) is 0. The summed E-state index contributed by atoms with van der Waals surface area (Å²) in [5, 5.41) is 13.3. The number of amides is 2. The number of nitrogens with one attached hydrogen (secondary N) is 1. The molecule has 1 aliphatic rings. The molecule has 7 heteroatoms. The summed E-state index contributed by atoms with van der Waals surface area (Å²) in [6.45, 7) is 1.56. The van der Waals surface area contributed by atoms with E-state index in [0.29, 0.717) is 11.1 Å². The number of benzene rings is 2. The lowest BCUT2D eigenvalue weighted by molar-refractivity contribution is -0.139. The van der Waals surface area contributed by atoms with Gasteiger partial charge in [0.05, 0.1) is 11.6 Å². The lowest BCUT2D eigenvalue weighted by Gasteiger charge is -2.25. The summed E-state index contributed by atoms with van der Waals surface area (Å²) in [6, 6.07) is 12.9. The van der Waals surface area contributed by atoms with Crippen LogP contribution in [0.2, 0.25) is 0 Å². The SMILES string of the molecule is CC(=O)NCCN1C(=O)C(=O)C(=C(O)c2ccccc2)[C@H]1c1ccc(F)cc1. The number of aliphatic hydroxyl groups is 1. The average Bonchev–Trinajstić information content (AvgIpc) is 2.93. The average molecular weight is 382 g/mol. The molecule has 3 rings (SSSR count). The van der Waals surface area contributed by atoms with Crippen molar-refractivity contribution in [3.05, 3.63) is 77.1 Å². The van der Waals surface area contributed by atoms with E-state index in [1.807, 2.05) is 0 Å². The minimum absolute atomic E-state index is 0.0642. The van der Waals surface area contributed by atoms with Gasteiger partial charge in [0.25, 0.3) is 11.7 Å². The number of nitrogens with zero attached hydrogens (tertiary/aromatic N) is 1. The molecule has 6 nitrogen and oxygen atoms in total. The number of carbonyl (C=O) groups excluding carboxylic acids is 3. The molecule has 1 saturated heterocycles. The largest absolute Gasteiger partial charge is 0.507 e. The van der Waals surface area contributed by atoms with Gasteiger partial charge in [-0.1, -0.05) is 42.5 Å². The lowest BCUT2D eigenvalue weighted by Crippen LogP contribution is -2.37. The first-order valence-corrected chi connectivity index (χ1v) is 8.74. The molecule has 144 valence electrons. The molecule has 0 saturated carbocycles. The predicted molar refractivity (Wildman–Crippen MR) is 101 cm³/mol. The molecule has 0 spiro atoms. The Morgan fingerprint density at radius 3 is 2.36 bits per heavy atom. The molecule has 0 unspecified atom stereocenters. The van der Waals surface area contributed by atoms with Gasteiger partial charge >= 0.3 is 0 Å². The fourth-order valence-corrected chi connectivity index (χ4v) is 3.21. The number of Topliss-reactive ketones (excluding diaryl/α,β-unsaturated/α-hetero) is 1. The first-order valence-electron chi connectivity index (χ1n) is 8.74. The molecule has 0 radical (unpaired) electrons. The standard InChI is InChI=1S/C21H19FN2O4/c1-13(25)23-11-12-24-18(14-7-9-16(22)10-8-14)17(20(27)21(24)28)19(26)15-5-3-2-4-6-15/h2-10,18,26H,11-12H2,1H3,(H,23,25)/t18-/m1/s1. The van der Waals surface area contributed by atoms with E-state index in [-0.39, 0.29) is 30.3 Å². The van der Waals surface area contributed by atoms with Gasteiger partial charge in [-0.2, -0.15) is 0 Å². The summed E-state index contributed by atoms with van der Waals surface area (Å²) in [5.41, 5.74) is 0.820. The van der Waals surface area contributed by atoms with Crippen molar-refractivity contribution in [1.29, 1.82) is 0 Å². The normalized spacial score (nSPS) is 18.4. The van der Waals surface area contributed by atoms with Crippen molar-refractivity contribution < 1.29 is 23.9 Å². The molecule has 28 heavy (non-hydrogen) atoms. The van der Waals surface area contributed by atoms with Crippen molar-refractivity contribution in [2.45, 2.75) is 13.0 Å². The highest BCUT2D eigenvalue weighted by Gasteiger charge is 2.45. The monoisotopic (exact) mass is 382 g/mol. The lowest BCUT2D eigenvalue weighted by atomic mass is 9.95. The van der Waals surface area contributed by atoms with Crippen LogP contribution in [0.25, 0.3) is 5.76 Å². The smallest absolute Gasteiger partial charge is 0.295 e. The summed E-state index contributed by atoms with van der Waals surface area (Å²) >= 11 is 0. The van der Waals surface area contributed by atoms with Crippen LogP contribution >= 0.6 is 0 Å². The van der Waals surface area contributed by atoms with Gasteiger partial charge in [-0.3, -0.25) is 14.4 Å². The van der Waals surface area contributed by atoms with Gasteiger partial charge in [0, 0.05) is 25.6 Å². The minimum atomic E-state index is -0.880. The van der Waals surface area contributed by atoms with Crippen LogP contribution in [0.5, 0.6) is 0 Å². The topological polar surface area (TPSA) is 86.7 Å². The second-order valence-electron chi connectivity index (χ2n) is 6.39. The van der Waals surface area contributed by atoms with Crippen LogP contribution < -0.4 is 5.32 Å². The summed E-state index contributed by atoms with van der Waals surface area (Å²) in [5.74, 6) is -2.62. The number of hydrogen-bond donors (Lipinski definition) is 2. The number of rotatable bonds is 5. The highest BCUT2D eigenvalue weighted by Crippen LogP contribution is 2.39. The van der Waals surface area contributed by atoms with E-state index in [1.165, 1.54) is 36.1 Å². The molecule has 2 N–H and O–H groups in total. The number of aliphatic hydroxyl groups excluding tert-OH is 1. The van der Waals surface area contributed by atoms with Crippen LogP contribution in [0.15, 0.2) is 60.2 Å². The molecule has 0 aromatic heterocycles. The molecule has 2 aromatic rings. The van der Waals surface area contributed by atoms with Crippen LogP contribution in [-0.4, -0.2) is 40.7 Å². The zero-order valence-corrected chi connectivity index (χ0v) is 15.2. The number of hydrogen-bond acceptors (Lipinski definition) is 4. The number of likely N-dealkylation sites (tertiary alicyclic amines) is 1. The Morgan fingerprint density at radius 2 is 1.75 bits per heavy atom. The van der Waals surface area contributed by atoms with Crippen LogP contribution in [0.1, 0.15) is 24.1 Å². The maximum Gasteiger partial charge on any atom is 0.295 e. The maximum absolute atomic E-state index is 13.4. The van der Waals surface area contributed by atoms with Crippen LogP contribution in [0, 0.1) is 5.82 Å². The molecular weight excluding hydrogens is 363 g/mol. The third kappa shape index (κ3) is 3.78. The Kier molecular flexibility index (Phi) is 5.54. The van der Waals surface area contributed by atoms with Crippen molar-refractivity contribution in [3.63, 3.8) is 0 Å². The van der Waals surface area contributed by atoms with Gasteiger partial charge in [0.15, 0.2) is 0 Å². The quantitative estimate of drug-likeness (QED) is 0.472. The molecule has 1 atom stereocenters. The summed E-state index contributed by atoms with van der Waals surface area (Å²) in [4.78, 5) is 37.7. The van der Waals surface area contributed by atoms with E-state index in [2.05, 4.69) is 5.32 Å². The Labute approximate surface area is 161 Å². The third-order valence-electron chi connectivity index (χ3n) is 4.50. The van der Waals surface area contributed by atoms with Gasteiger partial charge in [-0.25, -0.2) is 4.39 Å². The highest BCUT2D eigenvalue weighted by atomic mass is 19.1. The zero-order valence-electron chi connectivity index (χ0n) is 15.2. The molecule has 0 aliphatic carbocycles. The van der Waals surface area contributed by atoms with Crippen LogP contribution in [-0.2, 0) is 14.4 Å². The van der Waals surface area contributed by atoms with Crippen molar-refractivity contribution in [2.24, 2.45) is 0 Å². The number of ketones is 1. The molecule has 0 bridgehead atoms. The zero-order chi connectivity index (χ0) is 20.3. The van der Waals surface area contributed by atoms with Crippen molar-refractivity contribution in [2.75, 3.05) is 13.1 Å². The fraction of sp³-hybridized carbons (Fsp3) is 0.190. The van der Waals surface area contributed by atoms with Crippen LogP contribution in [0.3, 0.4) is 0 Å².